The zero-order chi connectivity index (χ0) is 19.3. The summed E-state index contributed by atoms with van der Waals surface area (Å²) < 4.78 is 5.66. The number of aromatic nitrogens is 1. The second-order valence-electron chi connectivity index (χ2n) is 7.49. The Bertz CT molecular complexity index is 555. The first-order chi connectivity index (χ1) is 13.2. The molecular weight excluding hydrogens is 338 g/mol. The van der Waals surface area contributed by atoms with Gasteiger partial charge in [-0.25, -0.2) is 9.98 Å². The van der Waals surface area contributed by atoms with Crippen LogP contribution in [0.3, 0.4) is 0 Å². The maximum absolute atomic E-state index is 5.66. The first-order valence-corrected chi connectivity index (χ1v) is 10.5. The minimum atomic E-state index is 0.646. The molecule has 1 fully saturated rings. The molecule has 6 nitrogen and oxygen atoms in total. The molecule has 0 bridgehead atoms. The molecule has 6 heteroatoms. The van der Waals surface area contributed by atoms with Gasteiger partial charge in [-0.3, -0.25) is 0 Å². The first-order valence-electron chi connectivity index (χ1n) is 10.5. The number of hydrogen-bond acceptors (Lipinski definition) is 4. The lowest BCUT2D eigenvalue weighted by atomic mass is 10.1. The summed E-state index contributed by atoms with van der Waals surface area (Å²) in [5.74, 6) is 2.60. The molecule has 0 atom stereocenters. The third kappa shape index (κ3) is 8.61. The molecule has 0 radical (unpaired) electrons. The SMILES string of the molecule is CCNC(=NCc1ccnc(N2CCCCC2)c1)NCCOCCC(C)C. The Balaban J connectivity index is 1.81. The monoisotopic (exact) mass is 375 g/mol. The van der Waals surface area contributed by atoms with Crippen molar-refractivity contribution in [2.24, 2.45) is 10.9 Å². The van der Waals surface area contributed by atoms with Gasteiger partial charge in [0.15, 0.2) is 5.96 Å². The van der Waals surface area contributed by atoms with E-state index in [4.69, 9.17) is 9.73 Å². The van der Waals surface area contributed by atoms with Crippen LogP contribution in [0.5, 0.6) is 0 Å². The third-order valence-corrected chi connectivity index (χ3v) is 4.63. The Hall–Kier alpha value is -1.82. The highest BCUT2D eigenvalue weighted by molar-refractivity contribution is 5.79. The van der Waals surface area contributed by atoms with E-state index in [-0.39, 0.29) is 0 Å². The zero-order valence-corrected chi connectivity index (χ0v) is 17.3. The molecule has 27 heavy (non-hydrogen) atoms. The summed E-state index contributed by atoms with van der Waals surface area (Å²) in [5.41, 5.74) is 1.19. The summed E-state index contributed by atoms with van der Waals surface area (Å²) >= 11 is 0. The van der Waals surface area contributed by atoms with Crippen LogP contribution in [0.2, 0.25) is 0 Å². The van der Waals surface area contributed by atoms with Crippen LogP contribution in [-0.4, -0.2) is 50.3 Å². The van der Waals surface area contributed by atoms with Crippen molar-refractivity contribution in [3.63, 3.8) is 0 Å². The van der Waals surface area contributed by atoms with Gasteiger partial charge in [0.05, 0.1) is 13.2 Å². The van der Waals surface area contributed by atoms with Crippen LogP contribution in [0.1, 0.15) is 52.0 Å². The number of nitrogens with zero attached hydrogens (tertiary/aromatic N) is 3. The normalized spacial score (nSPS) is 15.3. The number of hydrogen-bond donors (Lipinski definition) is 2. The van der Waals surface area contributed by atoms with Crippen molar-refractivity contribution >= 4 is 11.8 Å². The van der Waals surface area contributed by atoms with Crippen molar-refractivity contribution in [2.75, 3.05) is 44.3 Å². The van der Waals surface area contributed by atoms with Gasteiger partial charge in [-0.05, 0) is 56.2 Å². The van der Waals surface area contributed by atoms with E-state index in [0.29, 0.717) is 19.1 Å². The zero-order valence-electron chi connectivity index (χ0n) is 17.3. The number of nitrogens with one attached hydrogen (secondary N) is 2. The Morgan fingerprint density at radius 2 is 2.04 bits per heavy atom. The summed E-state index contributed by atoms with van der Waals surface area (Å²) in [7, 11) is 0. The van der Waals surface area contributed by atoms with Gasteiger partial charge in [0.25, 0.3) is 0 Å². The van der Waals surface area contributed by atoms with Crippen LogP contribution in [0.25, 0.3) is 0 Å². The molecule has 0 unspecified atom stereocenters. The van der Waals surface area contributed by atoms with Crippen LogP contribution < -0.4 is 15.5 Å². The molecule has 1 aliphatic heterocycles. The Morgan fingerprint density at radius 3 is 2.78 bits per heavy atom. The Labute approximate surface area is 164 Å². The smallest absolute Gasteiger partial charge is 0.191 e. The average molecular weight is 376 g/mol. The highest BCUT2D eigenvalue weighted by Gasteiger charge is 2.12. The topological polar surface area (TPSA) is 61.8 Å². The van der Waals surface area contributed by atoms with Crippen molar-refractivity contribution in [1.82, 2.24) is 15.6 Å². The highest BCUT2D eigenvalue weighted by Crippen LogP contribution is 2.18. The van der Waals surface area contributed by atoms with Gasteiger partial charge in [-0.2, -0.15) is 0 Å². The van der Waals surface area contributed by atoms with E-state index >= 15 is 0 Å². The molecule has 1 aliphatic rings. The molecule has 2 rings (SSSR count). The molecule has 0 amide bonds. The van der Waals surface area contributed by atoms with Crippen LogP contribution in [0.15, 0.2) is 23.3 Å². The van der Waals surface area contributed by atoms with E-state index in [2.05, 4.69) is 53.4 Å². The van der Waals surface area contributed by atoms with E-state index in [0.717, 1.165) is 51.0 Å². The molecule has 152 valence electrons. The van der Waals surface area contributed by atoms with E-state index in [1.54, 1.807) is 0 Å². The molecule has 1 saturated heterocycles. The number of pyridine rings is 1. The largest absolute Gasteiger partial charge is 0.380 e. The second kappa shape index (κ2) is 12.5. The van der Waals surface area contributed by atoms with Crippen LogP contribution in [0.4, 0.5) is 5.82 Å². The Kier molecular flexibility index (Phi) is 9.98. The predicted octanol–water partition coefficient (Wildman–Crippen LogP) is 3.19. The van der Waals surface area contributed by atoms with Crippen molar-refractivity contribution in [1.29, 1.82) is 0 Å². The standard InChI is InChI=1S/C21H37N5O/c1-4-22-21(24-11-15-27-14-9-18(2)3)25-17-19-8-10-23-20(16-19)26-12-6-5-7-13-26/h8,10,16,18H,4-7,9,11-15,17H2,1-3H3,(H2,22,24,25). The number of piperidine rings is 1. The van der Waals surface area contributed by atoms with E-state index < -0.39 is 0 Å². The van der Waals surface area contributed by atoms with Gasteiger partial charge < -0.3 is 20.3 Å². The van der Waals surface area contributed by atoms with Gasteiger partial charge in [0, 0.05) is 39.0 Å². The molecule has 1 aromatic heterocycles. The van der Waals surface area contributed by atoms with Gasteiger partial charge in [-0.15, -0.1) is 0 Å². The molecular formula is C21H37N5O. The summed E-state index contributed by atoms with van der Waals surface area (Å²) in [6.07, 6.45) is 6.86. The lowest BCUT2D eigenvalue weighted by Crippen LogP contribution is -2.39. The fraction of sp³-hybridized carbons (Fsp3) is 0.714. The first kappa shape index (κ1) is 21.5. The minimum Gasteiger partial charge on any atom is -0.380 e. The lowest BCUT2D eigenvalue weighted by molar-refractivity contribution is 0.128. The van der Waals surface area contributed by atoms with Crippen LogP contribution in [-0.2, 0) is 11.3 Å². The number of ether oxygens (including phenoxy) is 1. The van der Waals surface area contributed by atoms with Crippen molar-refractivity contribution in [2.45, 2.75) is 53.0 Å². The van der Waals surface area contributed by atoms with Gasteiger partial charge in [0.1, 0.15) is 5.82 Å². The molecule has 0 aliphatic carbocycles. The number of anilines is 1. The quantitative estimate of drug-likeness (QED) is 0.374. The van der Waals surface area contributed by atoms with E-state index in [1.807, 2.05) is 6.20 Å². The maximum atomic E-state index is 5.66. The van der Waals surface area contributed by atoms with Crippen molar-refractivity contribution in [3.05, 3.63) is 23.9 Å². The summed E-state index contributed by atoms with van der Waals surface area (Å²) in [6.45, 7) is 12.5. The van der Waals surface area contributed by atoms with E-state index in [1.165, 1.54) is 24.8 Å². The molecule has 2 heterocycles. The van der Waals surface area contributed by atoms with Crippen molar-refractivity contribution in [3.8, 4) is 0 Å². The fourth-order valence-corrected chi connectivity index (χ4v) is 3.03. The minimum absolute atomic E-state index is 0.646. The molecule has 2 N–H and O–H groups in total. The molecule has 0 aromatic carbocycles. The van der Waals surface area contributed by atoms with Gasteiger partial charge in [-0.1, -0.05) is 13.8 Å². The predicted molar refractivity (Wildman–Crippen MR) is 113 cm³/mol. The molecule has 0 saturated carbocycles. The third-order valence-electron chi connectivity index (χ3n) is 4.63. The van der Waals surface area contributed by atoms with E-state index in [9.17, 15) is 0 Å². The lowest BCUT2D eigenvalue weighted by Gasteiger charge is -2.27. The average Bonchev–Trinajstić information content (AvgIpc) is 2.69. The number of guanidine groups is 1. The summed E-state index contributed by atoms with van der Waals surface area (Å²) in [5, 5.41) is 6.64. The number of rotatable bonds is 10. The Morgan fingerprint density at radius 1 is 1.22 bits per heavy atom. The molecule has 1 aromatic rings. The van der Waals surface area contributed by atoms with Gasteiger partial charge in [0.2, 0.25) is 0 Å². The van der Waals surface area contributed by atoms with Crippen LogP contribution in [0, 0.1) is 5.92 Å². The summed E-state index contributed by atoms with van der Waals surface area (Å²) in [4.78, 5) is 11.6. The fourth-order valence-electron chi connectivity index (χ4n) is 3.03. The van der Waals surface area contributed by atoms with Gasteiger partial charge >= 0.3 is 0 Å². The summed E-state index contributed by atoms with van der Waals surface area (Å²) in [6, 6.07) is 4.23. The van der Waals surface area contributed by atoms with Crippen molar-refractivity contribution < 1.29 is 4.74 Å². The second-order valence-corrected chi connectivity index (χ2v) is 7.49. The highest BCUT2D eigenvalue weighted by atomic mass is 16.5. The molecule has 0 spiro atoms. The number of aliphatic imine (C=N–C) groups is 1. The maximum Gasteiger partial charge on any atom is 0.191 e. The van der Waals surface area contributed by atoms with Crippen LogP contribution >= 0.6 is 0 Å².